The van der Waals surface area contributed by atoms with Crippen LogP contribution in [0.3, 0.4) is 0 Å². The van der Waals surface area contributed by atoms with E-state index in [0.29, 0.717) is 24.0 Å². The van der Waals surface area contributed by atoms with Crippen molar-refractivity contribution in [3.05, 3.63) is 123 Å². The van der Waals surface area contributed by atoms with Gasteiger partial charge >= 0.3 is 11.5 Å². The highest BCUT2D eigenvalue weighted by atomic mass is 19.1. The standard InChI is InChI=1S/C30H22FN9O8/c31-17-5-1-12(7-15(17)11-33-22-21(32)23(41)24(22)42)10-34-26(43)19-9-20(40-28(36-19)39-48-30(40)46)27(44)35-18-6-3-13-8-14(2-4-16(13)18)25-37-29(45)47-38-25/h1-2,4-5,7-9,18,33H,3,6,10-11,32H2,(H,34,43)(H,35,44)(H,37,38,45)/t18-/m0/s1. The first-order valence-electron chi connectivity index (χ1n) is 14.3. The largest absolute Gasteiger partial charge is 0.448 e. The monoisotopic (exact) mass is 655 g/mol. The van der Waals surface area contributed by atoms with E-state index >= 15 is 0 Å². The smallest absolute Gasteiger partial charge is 0.394 e. The number of hydrogen-bond acceptors (Lipinski definition) is 13. The summed E-state index contributed by atoms with van der Waals surface area (Å²) in [6.07, 6.45) is 1.14. The summed E-state index contributed by atoms with van der Waals surface area (Å²) in [5.41, 5.74) is 6.12. The van der Waals surface area contributed by atoms with Crippen molar-refractivity contribution >= 4 is 29.0 Å². The van der Waals surface area contributed by atoms with Crippen molar-refractivity contribution in [2.75, 3.05) is 11.1 Å². The molecule has 17 nitrogen and oxygen atoms in total. The van der Waals surface area contributed by atoms with Crippen LogP contribution in [0.15, 0.2) is 70.7 Å². The zero-order valence-corrected chi connectivity index (χ0v) is 24.5. The molecule has 0 saturated carbocycles. The molecule has 6 aromatic rings. The summed E-state index contributed by atoms with van der Waals surface area (Å²) >= 11 is 0. The highest BCUT2D eigenvalue weighted by Gasteiger charge is 2.28. The molecule has 242 valence electrons. The summed E-state index contributed by atoms with van der Waals surface area (Å²) in [7, 11) is 0. The third-order valence-corrected chi connectivity index (χ3v) is 7.99. The molecular formula is C30H22FN9O8. The van der Waals surface area contributed by atoms with Gasteiger partial charge < -0.3 is 21.7 Å². The molecular weight excluding hydrogens is 633 g/mol. The summed E-state index contributed by atoms with van der Waals surface area (Å²) < 4.78 is 24.5. The van der Waals surface area contributed by atoms with Crippen LogP contribution in [0.1, 0.15) is 55.7 Å². The summed E-state index contributed by atoms with van der Waals surface area (Å²) in [4.78, 5) is 80.0. The predicted octanol–water partition coefficient (Wildman–Crippen LogP) is 0.302. The Morgan fingerprint density at radius 3 is 2.60 bits per heavy atom. The second-order valence-corrected chi connectivity index (χ2v) is 10.9. The number of rotatable bonds is 9. The Bertz CT molecular complexity index is 2470. The number of nitrogen functional groups attached to an aromatic ring is 1. The highest BCUT2D eigenvalue weighted by Crippen LogP contribution is 2.33. The van der Waals surface area contributed by atoms with Gasteiger partial charge in [-0.1, -0.05) is 23.4 Å². The van der Waals surface area contributed by atoms with Gasteiger partial charge in [0.15, 0.2) is 5.82 Å². The van der Waals surface area contributed by atoms with E-state index in [9.17, 15) is 33.2 Å². The van der Waals surface area contributed by atoms with E-state index in [0.717, 1.165) is 21.6 Å². The van der Waals surface area contributed by atoms with Crippen LogP contribution < -0.4 is 44.1 Å². The van der Waals surface area contributed by atoms with E-state index in [2.05, 4.69) is 40.8 Å². The van der Waals surface area contributed by atoms with Crippen LogP contribution in [0.5, 0.6) is 0 Å². The second-order valence-electron chi connectivity index (χ2n) is 10.9. The van der Waals surface area contributed by atoms with Gasteiger partial charge in [0.1, 0.15) is 28.6 Å². The molecule has 0 fully saturated rings. The van der Waals surface area contributed by atoms with Gasteiger partial charge in [0.25, 0.3) is 28.4 Å². The van der Waals surface area contributed by atoms with E-state index in [1.54, 1.807) is 12.1 Å². The number of carbonyl (C=O) groups excluding carboxylic acids is 2. The van der Waals surface area contributed by atoms with E-state index < -0.39 is 46.0 Å². The molecule has 0 radical (unpaired) electrons. The quantitative estimate of drug-likeness (QED) is 0.132. The van der Waals surface area contributed by atoms with Crippen molar-refractivity contribution in [2.24, 2.45) is 0 Å². The molecule has 48 heavy (non-hydrogen) atoms. The second kappa shape index (κ2) is 11.6. The number of fused-ring (bicyclic) bond motifs is 2. The number of H-pyrrole nitrogens is 1. The number of nitrogens with one attached hydrogen (secondary N) is 4. The number of halogens is 1. The van der Waals surface area contributed by atoms with E-state index in [1.807, 2.05) is 6.07 Å². The molecule has 7 rings (SSSR count). The Labute approximate surface area is 265 Å². The number of aromatic amines is 1. The molecule has 0 bridgehead atoms. The zero-order chi connectivity index (χ0) is 33.7. The molecule has 0 aliphatic heterocycles. The minimum atomic E-state index is -0.981. The van der Waals surface area contributed by atoms with Crippen LogP contribution in [0.2, 0.25) is 0 Å². The fraction of sp³-hybridized carbons (Fsp3) is 0.167. The van der Waals surface area contributed by atoms with E-state index in [-0.39, 0.29) is 53.0 Å². The van der Waals surface area contributed by atoms with Gasteiger partial charge in [-0.05, 0) is 59.0 Å². The van der Waals surface area contributed by atoms with Crippen LogP contribution in [0.4, 0.5) is 15.8 Å². The van der Waals surface area contributed by atoms with Gasteiger partial charge in [0.2, 0.25) is 0 Å². The molecule has 1 atom stereocenters. The Balaban J connectivity index is 1.07. The Morgan fingerprint density at radius 1 is 1.00 bits per heavy atom. The van der Waals surface area contributed by atoms with Gasteiger partial charge in [0, 0.05) is 24.2 Å². The first kappa shape index (κ1) is 30.0. The lowest BCUT2D eigenvalue weighted by Gasteiger charge is -2.15. The van der Waals surface area contributed by atoms with Crippen LogP contribution >= 0.6 is 0 Å². The maximum absolute atomic E-state index is 14.4. The van der Waals surface area contributed by atoms with E-state index in [4.69, 9.17) is 10.3 Å². The van der Waals surface area contributed by atoms with Gasteiger partial charge in [-0.3, -0.25) is 33.2 Å². The van der Waals surface area contributed by atoms with Gasteiger partial charge in [-0.15, -0.1) is 0 Å². The summed E-state index contributed by atoms with van der Waals surface area (Å²) in [6.45, 7) is -0.229. The molecule has 3 aromatic heterocycles. The first-order valence-corrected chi connectivity index (χ1v) is 14.3. The number of aromatic nitrogens is 5. The minimum Gasteiger partial charge on any atom is -0.394 e. The molecule has 0 spiro atoms. The number of benzene rings is 2. The number of aryl methyl sites for hydroxylation is 1. The topological polar surface area (TPSA) is 250 Å². The molecule has 1 aliphatic carbocycles. The fourth-order valence-electron chi connectivity index (χ4n) is 5.55. The van der Waals surface area contributed by atoms with Gasteiger partial charge in [-0.25, -0.2) is 23.4 Å². The minimum absolute atomic E-state index is 0.0840. The number of nitrogens with two attached hydrogens (primary N) is 1. The average Bonchev–Trinajstić information content (AvgIpc) is 3.82. The molecule has 2 amide bonds. The molecule has 0 saturated heterocycles. The fourth-order valence-corrected chi connectivity index (χ4v) is 5.55. The third-order valence-electron chi connectivity index (χ3n) is 7.99. The van der Waals surface area contributed by atoms with Gasteiger partial charge in [0.05, 0.1) is 6.04 Å². The lowest BCUT2D eigenvalue weighted by molar-refractivity contribution is 0.0929. The van der Waals surface area contributed by atoms with Crippen LogP contribution in [-0.2, 0) is 19.5 Å². The molecule has 6 N–H and O–H groups in total. The first-order chi connectivity index (χ1) is 23.1. The molecule has 18 heteroatoms. The maximum atomic E-state index is 14.4. The number of amides is 2. The van der Waals surface area contributed by atoms with E-state index in [1.165, 1.54) is 18.2 Å². The highest BCUT2D eigenvalue weighted by molar-refractivity contribution is 5.98. The van der Waals surface area contributed by atoms with Crippen molar-refractivity contribution in [1.82, 2.24) is 35.3 Å². The molecule has 1 aliphatic rings. The van der Waals surface area contributed by atoms with Crippen molar-refractivity contribution in [1.29, 1.82) is 0 Å². The number of carbonyl (C=O) groups is 2. The molecule has 0 unspecified atom stereocenters. The van der Waals surface area contributed by atoms with Crippen LogP contribution in [-0.4, -0.2) is 36.5 Å². The summed E-state index contributed by atoms with van der Waals surface area (Å²) in [5.74, 6) is -3.72. The summed E-state index contributed by atoms with van der Waals surface area (Å²) in [6, 6.07) is 10.1. The zero-order valence-electron chi connectivity index (χ0n) is 24.5. The average molecular weight is 656 g/mol. The lowest BCUT2D eigenvalue weighted by atomic mass is 10.0. The summed E-state index contributed by atoms with van der Waals surface area (Å²) in [5, 5.41) is 15.4. The number of hydrogen-bond donors (Lipinski definition) is 5. The maximum Gasteiger partial charge on any atom is 0.448 e. The van der Waals surface area contributed by atoms with Crippen LogP contribution in [0.25, 0.3) is 17.2 Å². The Kier molecular flexibility index (Phi) is 7.22. The Morgan fingerprint density at radius 2 is 1.83 bits per heavy atom. The van der Waals surface area contributed by atoms with Gasteiger partial charge in [-0.2, -0.15) is 0 Å². The lowest BCUT2D eigenvalue weighted by Crippen LogP contribution is -2.37. The third kappa shape index (κ3) is 5.29. The molecule has 3 aromatic carbocycles. The normalized spacial score (nSPS) is 13.9. The Hall–Kier alpha value is -6.72. The number of anilines is 2. The number of nitrogens with zero attached hydrogens (tertiary/aromatic N) is 4. The van der Waals surface area contributed by atoms with Crippen molar-refractivity contribution in [2.45, 2.75) is 32.0 Å². The van der Waals surface area contributed by atoms with Crippen molar-refractivity contribution < 1.29 is 23.0 Å². The predicted molar refractivity (Wildman–Crippen MR) is 163 cm³/mol. The van der Waals surface area contributed by atoms with Crippen molar-refractivity contribution in [3.8, 4) is 11.4 Å². The van der Waals surface area contributed by atoms with Crippen molar-refractivity contribution in [3.63, 3.8) is 0 Å². The molecule has 3 heterocycles. The van der Waals surface area contributed by atoms with Crippen LogP contribution in [0, 0.1) is 5.82 Å². The SMILES string of the molecule is Nc1c(NCc2cc(CNC(=O)c3cc(C(=O)N[C@H]4CCc5cc(-c6noc(=O)[nH]6)ccc54)n4c(=O)onc4n3)ccc2F)c(=O)c1=O.